The first-order chi connectivity index (χ1) is 11.7. The number of hydrogen-bond donors (Lipinski definition) is 2. The normalized spacial score (nSPS) is 10.8. The van der Waals surface area contributed by atoms with E-state index in [0.29, 0.717) is 12.2 Å². The number of aromatic nitrogens is 3. The number of carbonyl (C=O) groups is 1. The first-order valence-corrected chi connectivity index (χ1v) is 8.45. The van der Waals surface area contributed by atoms with E-state index in [2.05, 4.69) is 15.0 Å². The molecule has 0 saturated heterocycles. The minimum Gasteiger partial charge on any atom is -0.395 e. The number of nitrogens with zero attached hydrogens (tertiary/aromatic N) is 3. The van der Waals surface area contributed by atoms with Gasteiger partial charge in [-0.1, -0.05) is 6.07 Å². The minimum absolute atomic E-state index is 0.0924. The van der Waals surface area contributed by atoms with E-state index in [1.165, 1.54) is 0 Å². The summed E-state index contributed by atoms with van der Waals surface area (Å²) in [5.74, 6) is -0.161. The van der Waals surface area contributed by atoms with E-state index in [9.17, 15) is 9.90 Å². The summed E-state index contributed by atoms with van der Waals surface area (Å²) in [6, 6.07) is 5.53. The predicted octanol–water partition coefficient (Wildman–Crippen LogP) is 2.48. The summed E-state index contributed by atoms with van der Waals surface area (Å²) in [6.07, 6.45) is 5.19. The van der Waals surface area contributed by atoms with Crippen molar-refractivity contribution in [3.63, 3.8) is 0 Å². The van der Waals surface area contributed by atoms with Gasteiger partial charge in [0.25, 0.3) is 5.91 Å². The lowest BCUT2D eigenvalue weighted by Crippen LogP contribution is -2.33. The molecule has 0 fully saturated rings. The second-order valence-electron chi connectivity index (χ2n) is 5.37. The molecule has 0 atom stereocenters. The molecule has 2 N–H and O–H groups in total. The van der Waals surface area contributed by atoms with Crippen LogP contribution in [-0.2, 0) is 6.54 Å². The van der Waals surface area contributed by atoms with Gasteiger partial charge in [0.2, 0.25) is 0 Å². The highest BCUT2D eigenvalue weighted by molar-refractivity contribution is 7.09. The Morgan fingerprint density at radius 1 is 1.46 bits per heavy atom. The summed E-state index contributed by atoms with van der Waals surface area (Å²) in [5, 5.41) is 12.2. The molecule has 0 aromatic carbocycles. The number of aliphatic hydroxyl groups is 1. The fraction of sp³-hybridized carbons (Fsp3) is 0.235. The fourth-order valence-corrected chi connectivity index (χ4v) is 3.04. The van der Waals surface area contributed by atoms with Crippen molar-refractivity contribution >= 4 is 17.2 Å². The van der Waals surface area contributed by atoms with Crippen molar-refractivity contribution in [2.45, 2.75) is 13.5 Å². The van der Waals surface area contributed by atoms with Gasteiger partial charge in [-0.2, -0.15) is 0 Å². The molecule has 3 heterocycles. The molecule has 0 radical (unpaired) electrons. The molecule has 3 aromatic heterocycles. The lowest BCUT2D eigenvalue weighted by Gasteiger charge is -2.21. The van der Waals surface area contributed by atoms with Gasteiger partial charge in [-0.15, -0.1) is 11.3 Å². The molecule has 24 heavy (non-hydrogen) atoms. The SMILES string of the molecule is Cc1nc(-c2c[nH]c(C(=O)N(CCO)Cc3cccnc3)c2)cs1. The van der Waals surface area contributed by atoms with Gasteiger partial charge in [-0.25, -0.2) is 4.98 Å². The zero-order valence-electron chi connectivity index (χ0n) is 13.3. The monoisotopic (exact) mass is 342 g/mol. The number of aryl methyl sites for hydroxylation is 1. The molecule has 0 saturated carbocycles. The fourth-order valence-electron chi connectivity index (χ4n) is 2.42. The topological polar surface area (TPSA) is 82.1 Å². The Balaban J connectivity index is 1.79. The minimum atomic E-state index is -0.161. The number of carbonyl (C=O) groups excluding carboxylic acids is 1. The van der Waals surface area contributed by atoms with Gasteiger partial charge >= 0.3 is 0 Å². The summed E-state index contributed by atoms with van der Waals surface area (Å²) < 4.78 is 0. The molecular weight excluding hydrogens is 324 g/mol. The average molecular weight is 342 g/mol. The highest BCUT2D eigenvalue weighted by Crippen LogP contribution is 2.23. The molecule has 1 amide bonds. The lowest BCUT2D eigenvalue weighted by molar-refractivity contribution is 0.0702. The largest absolute Gasteiger partial charge is 0.395 e. The molecule has 3 aromatic rings. The van der Waals surface area contributed by atoms with Gasteiger partial charge in [-0.3, -0.25) is 9.78 Å². The lowest BCUT2D eigenvalue weighted by atomic mass is 10.2. The van der Waals surface area contributed by atoms with Gasteiger partial charge < -0.3 is 15.0 Å². The zero-order chi connectivity index (χ0) is 16.9. The second kappa shape index (κ2) is 7.37. The first kappa shape index (κ1) is 16.4. The highest BCUT2D eigenvalue weighted by atomic mass is 32.1. The molecule has 7 heteroatoms. The maximum Gasteiger partial charge on any atom is 0.270 e. The number of hydrogen-bond acceptors (Lipinski definition) is 5. The summed E-state index contributed by atoms with van der Waals surface area (Å²) in [6.45, 7) is 2.52. The molecule has 0 aliphatic heterocycles. The van der Waals surface area contributed by atoms with E-state index in [1.54, 1.807) is 40.9 Å². The van der Waals surface area contributed by atoms with Gasteiger partial charge in [0, 0.05) is 42.6 Å². The van der Waals surface area contributed by atoms with Crippen molar-refractivity contribution in [3.05, 3.63) is 58.4 Å². The van der Waals surface area contributed by atoms with Crippen LogP contribution in [0.5, 0.6) is 0 Å². The Kier molecular flexibility index (Phi) is 5.02. The predicted molar refractivity (Wildman–Crippen MR) is 92.7 cm³/mol. The molecule has 0 unspecified atom stereocenters. The Hall–Kier alpha value is -2.51. The van der Waals surface area contributed by atoms with Crippen LogP contribution in [0.15, 0.2) is 42.2 Å². The standard InChI is InChI=1S/C17H18N4O2S/c1-12-20-16(11-24-12)14-7-15(19-9-14)17(23)21(5-6-22)10-13-3-2-4-18-8-13/h2-4,7-9,11,19,22H,5-6,10H2,1H3. The van der Waals surface area contributed by atoms with Crippen molar-refractivity contribution < 1.29 is 9.90 Å². The van der Waals surface area contributed by atoms with Crippen molar-refractivity contribution in [2.75, 3.05) is 13.2 Å². The van der Waals surface area contributed by atoms with Gasteiger partial charge in [-0.05, 0) is 24.6 Å². The Bertz CT molecular complexity index is 813. The van der Waals surface area contributed by atoms with Gasteiger partial charge in [0.05, 0.1) is 17.3 Å². The van der Waals surface area contributed by atoms with Gasteiger partial charge in [0.15, 0.2) is 0 Å². The molecule has 0 aliphatic carbocycles. The molecule has 6 nitrogen and oxygen atoms in total. The summed E-state index contributed by atoms with van der Waals surface area (Å²) >= 11 is 1.57. The van der Waals surface area contributed by atoms with Crippen LogP contribution in [0.3, 0.4) is 0 Å². The van der Waals surface area contributed by atoms with Crippen LogP contribution in [-0.4, -0.2) is 44.0 Å². The second-order valence-corrected chi connectivity index (χ2v) is 6.43. The molecule has 0 spiro atoms. The number of nitrogens with one attached hydrogen (secondary N) is 1. The average Bonchev–Trinajstić information content (AvgIpc) is 3.23. The zero-order valence-corrected chi connectivity index (χ0v) is 14.1. The van der Waals surface area contributed by atoms with E-state index in [4.69, 9.17) is 0 Å². The molecule has 124 valence electrons. The maximum absolute atomic E-state index is 12.7. The van der Waals surface area contributed by atoms with Crippen molar-refractivity contribution in [3.8, 4) is 11.3 Å². The number of amides is 1. The number of thiazole rings is 1. The summed E-state index contributed by atoms with van der Waals surface area (Å²) in [5.41, 5.74) is 3.14. The van der Waals surface area contributed by atoms with E-state index in [1.807, 2.05) is 24.4 Å². The number of aromatic amines is 1. The number of rotatable bonds is 6. The van der Waals surface area contributed by atoms with Crippen LogP contribution >= 0.6 is 11.3 Å². The van der Waals surface area contributed by atoms with E-state index < -0.39 is 0 Å². The summed E-state index contributed by atoms with van der Waals surface area (Å²) in [7, 11) is 0. The molecule has 3 rings (SSSR count). The van der Waals surface area contributed by atoms with Crippen LogP contribution in [0.1, 0.15) is 21.1 Å². The molecule has 0 bridgehead atoms. The maximum atomic E-state index is 12.7. The van der Waals surface area contributed by atoms with Crippen molar-refractivity contribution in [1.82, 2.24) is 19.9 Å². The first-order valence-electron chi connectivity index (χ1n) is 7.57. The number of pyridine rings is 1. The molecular formula is C17H18N4O2S. The Morgan fingerprint density at radius 3 is 3.00 bits per heavy atom. The van der Waals surface area contributed by atoms with Crippen LogP contribution in [0.25, 0.3) is 11.3 Å². The highest BCUT2D eigenvalue weighted by Gasteiger charge is 2.18. The van der Waals surface area contributed by atoms with E-state index in [0.717, 1.165) is 21.8 Å². The smallest absolute Gasteiger partial charge is 0.270 e. The number of H-pyrrole nitrogens is 1. The van der Waals surface area contributed by atoms with Crippen LogP contribution < -0.4 is 0 Å². The third-order valence-electron chi connectivity index (χ3n) is 3.58. The van der Waals surface area contributed by atoms with Crippen LogP contribution in [0.2, 0.25) is 0 Å². The number of aliphatic hydroxyl groups excluding tert-OH is 1. The quantitative estimate of drug-likeness (QED) is 0.721. The molecule has 0 aliphatic rings. The third kappa shape index (κ3) is 3.69. The Labute approximate surface area is 143 Å². The van der Waals surface area contributed by atoms with Crippen LogP contribution in [0.4, 0.5) is 0 Å². The van der Waals surface area contributed by atoms with Gasteiger partial charge in [0.1, 0.15) is 5.69 Å². The van der Waals surface area contributed by atoms with E-state index >= 15 is 0 Å². The van der Waals surface area contributed by atoms with Crippen LogP contribution in [0, 0.1) is 6.92 Å². The van der Waals surface area contributed by atoms with E-state index in [-0.39, 0.29) is 19.1 Å². The third-order valence-corrected chi connectivity index (χ3v) is 4.36. The Morgan fingerprint density at radius 2 is 2.33 bits per heavy atom. The van der Waals surface area contributed by atoms with Crippen molar-refractivity contribution in [2.24, 2.45) is 0 Å². The summed E-state index contributed by atoms with van der Waals surface area (Å²) in [4.78, 5) is 25.8. The van der Waals surface area contributed by atoms with Crippen molar-refractivity contribution in [1.29, 1.82) is 0 Å².